The molecular weight excluding hydrogens is 309 g/mol. The predicted octanol–water partition coefficient (Wildman–Crippen LogP) is 3.57. The van der Waals surface area contributed by atoms with Crippen molar-refractivity contribution < 1.29 is 14.2 Å². The van der Waals surface area contributed by atoms with Crippen molar-refractivity contribution in [3.05, 3.63) is 88.1 Å². The molecule has 2 aromatic carbocycles. The molecule has 0 aliphatic carbocycles. The number of hydrogen-bond acceptors (Lipinski definition) is 3. The highest BCUT2D eigenvalue weighted by Gasteiger charge is 2.05. The van der Waals surface area contributed by atoms with Crippen LogP contribution in [0.5, 0.6) is 11.5 Å². The lowest BCUT2D eigenvalue weighted by Crippen LogP contribution is -2.16. The van der Waals surface area contributed by atoms with Crippen LogP contribution >= 0.6 is 0 Å². The van der Waals surface area contributed by atoms with Gasteiger partial charge in [-0.1, -0.05) is 12.1 Å². The Morgan fingerprint density at radius 1 is 1.08 bits per heavy atom. The molecule has 0 amide bonds. The van der Waals surface area contributed by atoms with Crippen molar-refractivity contribution in [1.82, 2.24) is 4.57 Å². The molecule has 0 bridgehead atoms. The molecule has 0 unspecified atom stereocenters. The summed E-state index contributed by atoms with van der Waals surface area (Å²) in [5.41, 5.74) is 1.93. The molecule has 0 aliphatic heterocycles. The Hall–Kier alpha value is -3.08. The summed E-state index contributed by atoms with van der Waals surface area (Å²) in [4.78, 5) is 12.3. The Morgan fingerprint density at radius 3 is 2.50 bits per heavy atom. The highest BCUT2D eigenvalue weighted by molar-refractivity contribution is 5.43. The van der Waals surface area contributed by atoms with Gasteiger partial charge in [-0.2, -0.15) is 0 Å². The van der Waals surface area contributed by atoms with Crippen molar-refractivity contribution in [3.8, 4) is 17.2 Å². The van der Waals surface area contributed by atoms with Gasteiger partial charge < -0.3 is 9.84 Å². The van der Waals surface area contributed by atoms with Crippen molar-refractivity contribution in [2.24, 2.45) is 0 Å². The third kappa shape index (κ3) is 3.46. The molecule has 122 valence electrons. The zero-order valence-corrected chi connectivity index (χ0v) is 13.1. The lowest BCUT2D eigenvalue weighted by atomic mass is 10.2. The summed E-state index contributed by atoms with van der Waals surface area (Å²) in [6.07, 6.45) is 1.62. The minimum Gasteiger partial charge on any atom is -0.508 e. The first-order chi connectivity index (χ1) is 11.5. The molecular formula is C19H16FNO3. The fraction of sp³-hybridized carbons (Fsp3) is 0.105. The molecule has 5 heteroatoms. The van der Waals surface area contributed by atoms with E-state index in [-0.39, 0.29) is 23.7 Å². The third-order valence-corrected chi connectivity index (χ3v) is 3.67. The molecule has 0 atom stereocenters. The average molecular weight is 325 g/mol. The maximum atomic E-state index is 12.9. The molecule has 1 heterocycles. The first-order valence-electron chi connectivity index (χ1n) is 7.43. The van der Waals surface area contributed by atoms with Crippen LogP contribution in [0.4, 0.5) is 4.39 Å². The van der Waals surface area contributed by atoms with Crippen LogP contribution < -0.4 is 10.3 Å². The van der Waals surface area contributed by atoms with Crippen molar-refractivity contribution in [2.75, 3.05) is 0 Å². The first-order valence-corrected chi connectivity index (χ1v) is 7.43. The minimum atomic E-state index is -0.300. The van der Waals surface area contributed by atoms with E-state index >= 15 is 0 Å². The molecule has 3 aromatic rings. The van der Waals surface area contributed by atoms with E-state index in [1.54, 1.807) is 49.5 Å². The number of aryl methyl sites for hydroxylation is 1. The number of nitrogens with zero attached hydrogens (tertiary/aromatic N) is 1. The Labute approximate surface area is 138 Å². The second kappa shape index (κ2) is 6.58. The zero-order valence-electron chi connectivity index (χ0n) is 13.1. The van der Waals surface area contributed by atoms with Gasteiger partial charge in [-0.3, -0.25) is 9.36 Å². The Kier molecular flexibility index (Phi) is 4.33. The highest BCUT2D eigenvalue weighted by Crippen LogP contribution is 2.19. The summed E-state index contributed by atoms with van der Waals surface area (Å²) in [5.74, 6) is 0.327. The van der Waals surface area contributed by atoms with Crippen LogP contribution in [-0.4, -0.2) is 9.67 Å². The quantitative estimate of drug-likeness (QED) is 0.798. The van der Waals surface area contributed by atoms with Gasteiger partial charge in [-0.25, -0.2) is 4.39 Å². The van der Waals surface area contributed by atoms with E-state index in [9.17, 15) is 14.3 Å². The minimum absolute atomic E-state index is 0.186. The summed E-state index contributed by atoms with van der Waals surface area (Å²) < 4.78 is 19.9. The van der Waals surface area contributed by atoms with Crippen molar-refractivity contribution in [1.29, 1.82) is 0 Å². The van der Waals surface area contributed by atoms with E-state index in [2.05, 4.69) is 0 Å². The molecule has 0 saturated heterocycles. The van der Waals surface area contributed by atoms with Crippen LogP contribution in [0.3, 0.4) is 0 Å². The number of ether oxygens (including phenoxy) is 1. The molecule has 0 radical (unpaired) electrons. The van der Waals surface area contributed by atoms with Gasteiger partial charge in [0.1, 0.15) is 23.9 Å². The maximum Gasteiger partial charge on any atom is 0.258 e. The lowest BCUT2D eigenvalue weighted by Gasteiger charge is -2.10. The van der Waals surface area contributed by atoms with Crippen LogP contribution in [0.25, 0.3) is 5.69 Å². The second-order valence-electron chi connectivity index (χ2n) is 5.46. The second-order valence-corrected chi connectivity index (χ2v) is 5.46. The number of benzene rings is 2. The van der Waals surface area contributed by atoms with Gasteiger partial charge in [0.25, 0.3) is 5.56 Å². The number of hydrogen-bond donors (Lipinski definition) is 1. The summed E-state index contributed by atoms with van der Waals surface area (Å²) in [6.45, 7) is 2.02. The van der Waals surface area contributed by atoms with Gasteiger partial charge in [0.05, 0.1) is 0 Å². The summed E-state index contributed by atoms with van der Waals surface area (Å²) >= 11 is 0. The zero-order chi connectivity index (χ0) is 17.1. The molecule has 24 heavy (non-hydrogen) atoms. The molecule has 0 spiro atoms. The van der Waals surface area contributed by atoms with Crippen molar-refractivity contribution in [2.45, 2.75) is 13.5 Å². The van der Waals surface area contributed by atoms with E-state index < -0.39 is 0 Å². The fourth-order valence-electron chi connectivity index (χ4n) is 2.30. The number of phenolic OH excluding ortho intramolecular Hbond substituents is 1. The standard InChI is InChI=1S/C19H16FNO3/c1-13-10-16(6-7-18(13)22)21-9-8-17(11-19(21)23)24-12-14-2-4-15(20)5-3-14/h2-11,22H,12H2,1H3. The number of pyridine rings is 1. The Morgan fingerprint density at radius 2 is 1.83 bits per heavy atom. The molecule has 1 N–H and O–H groups in total. The monoisotopic (exact) mass is 325 g/mol. The average Bonchev–Trinajstić information content (AvgIpc) is 2.57. The number of phenols is 1. The number of halogens is 1. The van der Waals surface area contributed by atoms with Gasteiger partial charge in [-0.15, -0.1) is 0 Å². The predicted molar refractivity (Wildman–Crippen MR) is 89.2 cm³/mol. The Bertz CT molecular complexity index is 917. The van der Waals surface area contributed by atoms with Gasteiger partial charge in [0, 0.05) is 18.0 Å². The van der Waals surface area contributed by atoms with Crippen LogP contribution in [-0.2, 0) is 6.61 Å². The number of aromatic hydroxyl groups is 1. The van der Waals surface area contributed by atoms with Crippen LogP contribution in [0.2, 0.25) is 0 Å². The highest BCUT2D eigenvalue weighted by atomic mass is 19.1. The summed E-state index contributed by atoms with van der Waals surface area (Å²) in [7, 11) is 0. The van der Waals surface area contributed by atoms with Gasteiger partial charge in [0.2, 0.25) is 0 Å². The SMILES string of the molecule is Cc1cc(-n2ccc(OCc3ccc(F)cc3)cc2=O)ccc1O. The first kappa shape index (κ1) is 15.8. The third-order valence-electron chi connectivity index (χ3n) is 3.67. The van der Waals surface area contributed by atoms with Crippen molar-refractivity contribution in [3.63, 3.8) is 0 Å². The fourth-order valence-corrected chi connectivity index (χ4v) is 2.30. The molecule has 4 nitrogen and oxygen atoms in total. The molecule has 0 fully saturated rings. The summed E-state index contributed by atoms with van der Waals surface area (Å²) in [6, 6.07) is 14.0. The lowest BCUT2D eigenvalue weighted by molar-refractivity contribution is 0.305. The van der Waals surface area contributed by atoms with Crippen LogP contribution in [0.15, 0.2) is 65.6 Å². The topological polar surface area (TPSA) is 51.5 Å². The van der Waals surface area contributed by atoms with Gasteiger partial charge in [-0.05, 0) is 54.4 Å². The Balaban J connectivity index is 1.78. The normalized spacial score (nSPS) is 10.6. The van der Waals surface area contributed by atoms with E-state index in [1.165, 1.54) is 22.8 Å². The maximum absolute atomic E-state index is 12.9. The van der Waals surface area contributed by atoms with Crippen molar-refractivity contribution >= 4 is 0 Å². The molecule has 3 rings (SSSR count). The van der Waals surface area contributed by atoms with Crippen LogP contribution in [0, 0.1) is 12.7 Å². The molecule has 1 aromatic heterocycles. The van der Waals surface area contributed by atoms with E-state index in [0.717, 1.165) is 5.56 Å². The summed E-state index contributed by atoms with van der Waals surface area (Å²) in [5, 5.41) is 9.57. The van der Waals surface area contributed by atoms with Gasteiger partial charge >= 0.3 is 0 Å². The van der Waals surface area contributed by atoms with E-state index in [1.807, 2.05) is 0 Å². The number of rotatable bonds is 4. The molecule has 0 aliphatic rings. The number of aromatic nitrogens is 1. The van der Waals surface area contributed by atoms with E-state index in [0.29, 0.717) is 17.0 Å². The van der Waals surface area contributed by atoms with E-state index in [4.69, 9.17) is 4.74 Å². The van der Waals surface area contributed by atoms with Crippen LogP contribution in [0.1, 0.15) is 11.1 Å². The largest absolute Gasteiger partial charge is 0.508 e. The van der Waals surface area contributed by atoms with Gasteiger partial charge in [0.15, 0.2) is 0 Å². The smallest absolute Gasteiger partial charge is 0.258 e. The molecule has 0 saturated carbocycles.